The van der Waals surface area contributed by atoms with Crippen LogP contribution in [0.15, 0.2) is 59.7 Å². The largest absolute Gasteiger partial charge is 0.496 e. The smallest absolute Gasteiger partial charge is 0.272 e. The van der Waals surface area contributed by atoms with E-state index in [2.05, 4.69) is 10.5 Å². The van der Waals surface area contributed by atoms with E-state index < -0.39 is 0 Å². The molecule has 5 heteroatoms. The first kappa shape index (κ1) is 17.0. The van der Waals surface area contributed by atoms with Crippen molar-refractivity contribution in [1.29, 1.82) is 0 Å². The molecule has 0 aliphatic heterocycles. The molecule has 25 heavy (non-hydrogen) atoms. The van der Waals surface area contributed by atoms with Crippen molar-refractivity contribution >= 4 is 34.5 Å². The monoisotopic (exact) mass is 352 g/mol. The lowest BCUT2D eigenvalue weighted by molar-refractivity contribution is 0.0955. The van der Waals surface area contributed by atoms with Crippen molar-refractivity contribution in [2.45, 2.75) is 6.92 Å². The molecule has 0 saturated carbocycles. The van der Waals surface area contributed by atoms with Crippen LogP contribution in [0.4, 0.5) is 0 Å². The van der Waals surface area contributed by atoms with Crippen LogP contribution in [0.3, 0.4) is 0 Å². The number of benzene rings is 3. The van der Waals surface area contributed by atoms with Crippen molar-refractivity contribution in [3.63, 3.8) is 0 Å². The average molecular weight is 353 g/mol. The molecule has 4 nitrogen and oxygen atoms in total. The number of carbonyl (C=O) groups excluding carboxylic acids is 1. The highest BCUT2D eigenvalue weighted by molar-refractivity contribution is 6.33. The van der Waals surface area contributed by atoms with Crippen molar-refractivity contribution in [3.05, 3.63) is 76.3 Å². The van der Waals surface area contributed by atoms with Crippen molar-refractivity contribution in [2.75, 3.05) is 7.11 Å². The SMILES string of the molecule is COc1ccc2ccccc2c1/C=N/NC(=O)c1ccc(C)cc1Cl. The number of ether oxygens (including phenoxy) is 1. The molecule has 3 aromatic carbocycles. The van der Waals surface area contributed by atoms with Gasteiger partial charge in [-0.15, -0.1) is 0 Å². The lowest BCUT2D eigenvalue weighted by atomic mass is 10.0. The van der Waals surface area contributed by atoms with Gasteiger partial charge in [0.25, 0.3) is 5.91 Å². The van der Waals surface area contributed by atoms with E-state index in [0.29, 0.717) is 16.3 Å². The molecule has 0 atom stereocenters. The van der Waals surface area contributed by atoms with Gasteiger partial charge in [-0.3, -0.25) is 4.79 Å². The molecule has 0 aromatic heterocycles. The quantitative estimate of drug-likeness (QED) is 0.552. The van der Waals surface area contributed by atoms with Gasteiger partial charge in [0, 0.05) is 5.56 Å². The summed E-state index contributed by atoms with van der Waals surface area (Å²) in [6.45, 7) is 1.92. The summed E-state index contributed by atoms with van der Waals surface area (Å²) >= 11 is 6.11. The van der Waals surface area contributed by atoms with Gasteiger partial charge in [-0.1, -0.05) is 48.0 Å². The molecule has 3 aromatic rings. The topological polar surface area (TPSA) is 50.7 Å². The lowest BCUT2D eigenvalue weighted by Gasteiger charge is -2.08. The van der Waals surface area contributed by atoms with Crippen LogP contribution in [-0.2, 0) is 0 Å². The molecular formula is C20H17ClN2O2. The maximum Gasteiger partial charge on any atom is 0.272 e. The fourth-order valence-electron chi connectivity index (χ4n) is 2.61. The van der Waals surface area contributed by atoms with Gasteiger partial charge in [0.05, 0.1) is 23.9 Å². The molecule has 0 heterocycles. The molecule has 0 saturated heterocycles. The summed E-state index contributed by atoms with van der Waals surface area (Å²) in [5.74, 6) is 0.325. The zero-order valence-electron chi connectivity index (χ0n) is 13.9. The van der Waals surface area contributed by atoms with Gasteiger partial charge in [-0.05, 0) is 41.5 Å². The standard InChI is InChI=1S/C20H17ClN2O2/c1-13-7-9-16(18(21)11-13)20(24)23-22-12-17-15-6-4-3-5-14(15)8-10-19(17)25-2/h3-12H,1-2H3,(H,23,24)/b22-12+. The fourth-order valence-corrected chi connectivity index (χ4v) is 2.93. The minimum absolute atomic E-state index is 0.361. The summed E-state index contributed by atoms with van der Waals surface area (Å²) < 4.78 is 5.40. The first-order valence-electron chi connectivity index (χ1n) is 7.75. The highest BCUT2D eigenvalue weighted by atomic mass is 35.5. The average Bonchev–Trinajstić information content (AvgIpc) is 2.61. The second-order valence-electron chi connectivity index (χ2n) is 5.59. The third-order valence-electron chi connectivity index (χ3n) is 3.88. The van der Waals surface area contributed by atoms with E-state index in [1.165, 1.54) is 0 Å². The van der Waals surface area contributed by atoms with Crippen LogP contribution in [-0.4, -0.2) is 19.2 Å². The van der Waals surface area contributed by atoms with E-state index in [1.807, 2.05) is 49.4 Å². The Hall–Kier alpha value is -2.85. The number of fused-ring (bicyclic) bond motifs is 1. The van der Waals surface area contributed by atoms with Gasteiger partial charge in [-0.25, -0.2) is 5.43 Å². The van der Waals surface area contributed by atoms with Crippen LogP contribution in [0.5, 0.6) is 5.75 Å². The predicted molar refractivity (Wildman–Crippen MR) is 102 cm³/mol. The first-order chi connectivity index (χ1) is 12.1. The molecular weight excluding hydrogens is 336 g/mol. The van der Waals surface area contributed by atoms with E-state index in [1.54, 1.807) is 25.5 Å². The number of rotatable bonds is 4. The summed E-state index contributed by atoms with van der Waals surface area (Å²) in [7, 11) is 1.60. The zero-order chi connectivity index (χ0) is 17.8. The van der Waals surface area contributed by atoms with Gasteiger partial charge in [-0.2, -0.15) is 5.10 Å². The molecule has 0 aliphatic rings. The molecule has 126 valence electrons. The van der Waals surface area contributed by atoms with Crippen molar-refractivity contribution < 1.29 is 9.53 Å². The molecule has 0 fully saturated rings. The number of carbonyl (C=O) groups is 1. The molecule has 0 bridgehead atoms. The summed E-state index contributed by atoms with van der Waals surface area (Å²) in [5, 5.41) is 6.54. The third-order valence-corrected chi connectivity index (χ3v) is 4.19. The Bertz CT molecular complexity index is 967. The summed E-state index contributed by atoms with van der Waals surface area (Å²) in [5.41, 5.74) is 4.69. The Morgan fingerprint density at radius 3 is 2.72 bits per heavy atom. The van der Waals surface area contributed by atoms with E-state index in [0.717, 1.165) is 21.9 Å². The van der Waals surface area contributed by atoms with Crippen LogP contribution in [0.1, 0.15) is 21.5 Å². The molecule has 0 aliphatic carbocycles. The number of hydrogen-bond acceptors (Lipinski definition) is 3. The van der Waals surface area contributed by atoms with Crippen molar-refractivity contribution in [2.24, 2.45) is 5.10 Å². The number of aryl methyl sites for hydroxylation is 1. The van der Waals surface area contributed by atoms with E-state index in [-0.39, 0.29) is 5.91 Å². The van der Waals surface area contributed by atoms with Crippen LogP contribution >= 0.6 is 11.6 Å². The molecule has 1 N–H and O–H groups in total. The third kappa shape index (κ3) is 3.64. The second kappa shape index (κ2) is 7.36. The van der Waals surface area contributed by atoms with Crippen LogP contribution in [0.25, 0.3) is 10.8 Å². The number of halogens is 1. The Morgan fingerprint density at radius 2 is 1.96 bits per heavy atom. The minimum atomic E-state index is -0.361. The first-order valence-corrected chi connectivity index (χ1v) is 8.13. The zero-order valence-corrected chi connectivity index (χ0v) is 14.7. The minimum Gasteiger partial charge on any atom is -0.496 e. The second-order valence-corrected chi connectivity index (χ2v) is 5.99. The Kier molecular flexibility index (Phi) is 5.00. The van der Waals surface area contributed by atoms with Gasteiger partial charge in [0.2, 0.25) is 0 Å². The van der Waals surface area contributed by atoms with Crippen molar-refractivity contribution in [3.8, 4) is 5.75 Å². The van der Waals surface area contributed by atoms with E-state index >= 15 is 0 Å². The molecule has 1 amide bonds. The summed E-state index contributed by atoms with van der Waals surface area (Å²) in [6, 6.07) is 17.0. The normalized spacial score (nSPS) is 11.0. The van der Waals surface area contributed by atoms with Gasteiger partial charge in [0.15, 0.2) is 0 Å². The van der Waals surface area contributed by atoms with E-state index in [9.17, 15) is 4.79 Å². The highest BCUT2D eigenvalue weighted by Crippen LogP contribution is 2.26. The molecule has 0 unspecified atom stereocenters. The van der Waals surface area contributed by atoms with Crippen LogP contribution in [0.2, 0.25) is 5.02 Å². The van der Waals surface area contributed by atoms with Crippen LogP contribution in [0, 0.1) is 6.92 Å². The van der Waals surface area contributed by atoms with Gasteiger partial charge < -0.3 is 4.74 Å². The number of hydrogen-bond donors (Lipinski definition) is 1. The Balaban J connectivity index is 1.87. The Labute approximate surface area is 151 Å². The number of amides is 1. The maximum absolute atomic E-state index is 12.2. The molecule has 0 spiro atoms. The highest BCUT2D eigenvalue weighted by Gasteiger charge is 2.10. The summed E-state index contributed by atoms with van der Waals surface area (Å²) in [4.78, 5) is 12.2. The van der Waals surface area contributed by atoms with Gasteiger partial charge in [0.1, 0.15) is 5.75 Å². The number of hydrazone groups is 1. The number of methoxy groups -OCH3 is 1. The Morgan fingerprint density at radius 1 is 1.16 bits per heavy atom. The lowest BCUT2D eigenvalue weighted by Crippen LogP contribution is -2.18. The number of nitrogens with zero attached hydrogens (tertiary/aromatic N) is 1. The molecule has 0 radical (unpaired) electrons. The van der Waals surface area contributed by atoms with Crippen LogP contribution < -0.4 is 10.2 Å². The van der Waals surface area contributed by atoms with E-state index in [4.69, 9.17) is 16.3 Å². The predicted octanol–water partition coefficient (Wildman–Crippen LogP) is 4.57. The maximum atomic E-state index is 12.2. The van der Waals surface area contributed by atoms with Gasteiger partial charge >= 0.3 is 0 Å². The number of nitrogens with one attached hydrogen (secondary N) is 1. The summed E-state index contributed by atoms with van der Waals surface area (Å²) in [6.07, 6.45) is 1.58. The molecule has 3 rings (SSSR count). The van der Waals surface area contributed by atoms with Crippen molar-refractivity contribution in [1.82, 2.24) is 5.43 Å². The fraction of sp³-hybridized carbons (Fsp3) is 0.100.